The molecule has 0 N–H and O–H groups in total. The number of aryl methyl sites for hydroxylation is 8. The van der Waals surface area contributed by atoms with E-state index in [-0.39, 0.29) is 62.3 Å². The fourth-order valence-corrected chi connectivity index (χ4v) is 16.0. The molecule has 2 unspecified atom stereocenters. The summed E-state index contributed by atoms with van der Waals surface area (Å²) in [5, 5.41) is 1.12. The Morgan fingerprint density at radius 1 is 0.479 bits per heavy atom. The van der Waals surface area contributed by atoms with E-state index < -0.39 is 16.6 Å². The van der Waals surface area contributed by atoms with Crippen molar-refractivity contribution in [3.05, 3.63) is 181 Å². The topological polar surface area (TPSA) is 62.7 Å². The standard InChI is InChI=1S/C39H59NOSi.C38H63BO3Si.C7H8ClN/c1-14-30-17-23-35(40-27-30)34-22-21-33(26-29(34)5)39(15-2,16-3)32-20-18-31(28(4)25-32)19-24-36(37(6,7)8)41-42(12,13)38(9,10)11;1-17-38(18-2,31-22-23-32(28(4)26-31)39-41-36(11,12)37(13,14)42-39)30-21-19-29(27(3)25-30)20-24-33(34(5,6)7)40-43(15,16)35(8,9)10;1-2-7-4-3-6(8)5-9-7/h17-18,20-23,25-27,36H,14-16,19,24H2,1-13H3;19,21-23,25-26,33H,17-18,20,24H2,1-16H3;3-5H,2H2,1H3. The molecule has 2 atom stereocenters. The molecule has 4 aromatic carbocycles. The van der Waals surface area contributed by atoms with Crippen LogP contribution in [0, 0.1) is 38.5 Å². The van der Waals surface area contributed by atoms with Gasteiger partial charge in [0.2, 0.25) is 0 Å². The number of pyridine rings is 2. The highest BCUT2D eigenvalue weighted by Gasteiger charge is 2.52. The predicted molar refractivity (Wildman–Crippen MR) is 414 cm³/mol. The van der Waals surface area contributed by atoms with Gasteiger partial charge in [-0.05, 0) is 246 Å². The molecule has 3 heterocycles. The summed E-state index contributed by atoms with van der Waals surface area (Å²) >= 11 is 5.61. The lowest BCUT2D eigenvalue weighted by atomic mass is 9.67. The van der Waals surface area contributed by atoms with E-state index in [1.165, 1.54) is 66.8 Å². The number of halogens is 1. The quantitative estimate of drug-likeness (QED) is 0.0631. The van der Waals surface area contributed by atoms with Crippen LogP contribution in [0.2, 0.25) is 41.3 Å². The van der Waals surface area contributed by atoms with Crippen molar-refractivity contribution in [3.8, 4) is 11.3 Å². The summed E-state index contributed by atoms with van der Waals surface area (Å²) in [7, 11) is -4.05. The summed E-state index contributed by atoms with van der Waals surface area (Å²) in [5.41, 5.74) is 19.0. The highest BCUT2D eigenvalue weighted by atomic mass is 35.5. The van der Waals surface area contributed by atoms with Gasteiger partial charge in [-0.1, -0.05) is 221 Å². The van der Waals surface area contributed by atoms with Crippen LogP contribution in [0.3, 0.4) is 0 Å². The molecule has 0 amide bonds. The average Bonchev–Trinajstić information content (AvgIpc) is 1.32. The maximum atomic E-state index is 7.00. The number of hydrogen-bond acceptors (Lipinski definition) is 6. The van der Waals surface area contributed by atoms with Crippen molar-refractivity contribution in [1.29, 1.82) is 0 Å². The van der Waals surface area contributed by atoms with Gasteiger partial charge >= 0.3 is 7.12 Å². The van der Waals surface area contributed by atoms with E-state index in [1.54, 1.807) is 6.20 Å². The van der Waals surface area contributed by atoms with Crippen LogP contribution in [-0.4, -0.2) is 57.1 Å². The maximum Gasteiger partial charge on any atom is 0.495 e. The van der Waals surface area contributed by atoms with Crippen LogP contribution in [-0.2, 0) is 54.7 Å². The van der Waals surface area contributed by atoms with Gasteiger partial charge in [0.05, 0.1) is 34.1 Å². The number of nitrogens with zero attached hydrogens (tertiary/aromatic N) is 2. The smallest absolute Gasteiger partial charge is 0.413 e. The number of aromatic nitrogens is 2. The van der Waals surface area contributed by atoms with Gasteiger partial charge in [0.15, 0.2) is 16.6 Å². The molecule has 518 valence electrons. The van der Waals surface area contributed by atoms with Crippen LogP contribution in [0.15, 0.2) is 109 Å². The third-order valence-electron chi connectivity index (χ3n) is 22.7. The second-order valence-electron chi connectivity index (χ2n) is 33.8. The first kappa shape index (κ1) is 80.5. The Morgan fingerprint density at radius 2 is 0.883 bits per heavy atom. The van der Waals surface area contributed by atoms with Crippen molar-refractivity contribution in [2.75, 3.05) is 0 Å². The van der Waals surface area contributed by atoms with Crippen molar-refractivity contribution in [3.63, 3.8) is 0 Å². The predicted octanol–water partition coefficient (Wildman–Crippen LogP) is 23.8. The Kier molecular flexibility index (Phi) is 27.2. The molecular weight excluding hydrogens is 1200 g/mol. The van der Waals surface area contributed by atoms with E-state index in [4.69, 9.17) is 34.7 Å². The summed E-state index contributed by atoms with van der Waals surface area (Å²) in [6.45, 7) is 68.6. The fraction of sp³-hybridized carbons (Fsp3) is 0.595. The van der Waals surface area contributed by atoms with E-state index >= 15 is 0 Å². The van der Waals surface area contributed by atoms with Crippen LogP contribution in [0.25, 0.3) is 11.3 Å². The van der Waals surface area contributed by atoms with Crippen molar-refractivity contribution in [2.24, 2.45) is 10.8 Å². The molecule has 1 saturated heterocycles. The first-order chi connectivity index (χ1) is 43.3. The minimum Gasteiger partial charge on any atom is -0.413 e. The molecule has 6 nitrogen and oxygen atoms in total. The largest absolute Gasteiger partial charge is 0.495 e. The van der Waals surface area contributed by atoms with Gasteiger partial charge in [0.1, 0.15) is 0 Å². The molecule has 10 heteroatoms. The molecule has 94 heavy (non-hydrogen) atoms. The molecule has 2 aromatic heterocycles. The van der Waals surface area contributed by atoms with Gasteiger partial charge in [-0.2, -0.15) is 0 Å². The van der Waals surface area contributed by atoms with E-state index in [0.29, 0.717) is 5.02 Å². The van der Waals surface area contributed by atoms with E-state index in [0.717, 1.165) is 81.1 Å². The van der Waals surface area contributed by atoms with Crippen molar-refractivity contribution < 1.29 is 18.2 Å². The highest BCUT2D eigenvalue weighted by Crippen LogP contribution is 2.46. The number of rotatable bonds is 22. The minimum atomic E-state index is -1.86. The second-order valence-corrected chi connectivity index (χ2v) is 43.8. The lowest BCUT2D eigenvalue weighted by Gasteiger charge is -2.43. The van der Waals surface area contributed by atoms with Crippen molar-refractivity contribution in [2.45, 2.75) is 315 Å². The van der Waals surface area contributed by atoms with Gasteiger partial charge in [-0.25, -0.2) is 0 Å². The molecule has 1 aliphatic heterocycles. The molecule has 0 aliphatic carbocycles. The maximum absolute atomic E-state index is 7.00. The molecule has 1 aliphatic rings. The zero-order valence-electron chi connectivity index (χ0n) is 65.1. The third kappa shape index (κ3) is 19.4. The zero-order chi connectivity index (χ0) is 71.0. The first-order valence-electron chi connectivity index (χ1n) is 36.0. The molecule has 0 spiro atoms. The average molecular weight is 1330 g/mol. The Bertz CT molecular complexity index is 3370. The fourth-order valence-electron chi connectivity index (χ4n) is 12.9. The van der Waals surface area contributed by atoms with E-state index in [2.05, 4.69) is 296 Å². The normalized spacial score (nSPS) is 15.5. The summed E-state index contributed by atoms with van der Waals surface area (Å²) in [6.07, 6.45) is 14.6. The van der Waals surface area contributed by atoms with Crippen molar-refractivity contribution >= 4 is 40.8 Å². The van der Waals surface area contributed by atoms with Gasteiger partial charge in [0.25, 0.3) is 0 Å². The Labute approximate surface area is 583 Å². The minimum absolute atomic E-state index is 0.00847. The third-order valence-corrected chi connectivity index (χ3v) is 31.9. The Balaban J connectivity index is 0.000000300. The molecule has 0 radical (unpaired) electrons. The molecular formula is C84H130BClN2O4Si2. The SMILES string of the molecule is CCC(CC)(c1ccc(CCC(O[Si](C)(C)C(C)(C)C)C(C)(C)C)c(C)c1)c1ccc(B2OC(C)(C)C(C)(C)O2)c(C)c1.CCc1ccc(-c2ccc(C(CC)(CC)c3ccc(CCC(O[Si](C)(C)C(C)(C)C)C(C)(C)C)c(C)c3)cc2C)nc1.CCc1ccc(Cl)cn1. The van der Waals surface area contributed by atoms with Gasteiger partial charge in [-0.15, -0.1) is 0 Å². The molecule has 7 rings (SSSR count). The van der Waals surface area contributed by atoms with Crippen LogP contribution < -0.4 is 5.46 Å². The number of hydrogen-bond donors (Lipinski definition) is 0. The summed E-state index contributed by atoms with van der Waals surface area (Å²) in [6, 6.07) is 36.7. The molecule has 0 bridgehead atoms. The first-order valence-corrected chi connectivity index (χ1v) is 42.2. The van der Waals surface area contributed by atoms with E-state index in [1.807, 2.05) is 18.3 Å². The lowest BCUT2D eigenvalue weighted by molar-refractivity contribution is 0.00578. The monoisotopic (exact) mass is 1330 g/mol. The van der Waals surface area contributed by atoms with Crippen LogP contribution in [0.4, 0.5) is 0 Å². The summed E-state index contributed by atoms with van der Waals surface area (Å²) in [5.74, 6) is 0. The lowest BCUT2D eigenvalue weighted by Crippen LogP contribution is -2.47. The Hall–Kier alpha value is -4.19. The van der Waals surface area contributed by atoms with E-state index in [9.17, 15) is 0 Å². The number of benzene rings is 4. The second kappa shape index (κ2) is 31.8. The zero-order valence-corrected chi connectivity index (χ0v) is 67.9. The highest BCUT2D eigenvalue weighted by molar-refractivity contribution is 6.74. The van der Waals surface area contributed by atoms with Crippen LogP contribution >= 0.6 is 11.6 Å². The van der Waals surface area contributed by atoms with Crippen LogP contribution in [0.1, 0.15) is 258 Å². The summed E-state index contributed by atoms with van der Waals surface area (Å²) in [4.78, 5) is 8.83. The van der Waals surface area contributed by atoms with Crippen LogP contribution in [0.5, 0.6) is 0 Å². The van der Waals surface area contributed by atoms with Gasteiger partial charge in [-0.3, -0.25) is 9.97 Å². The molecule has 6 aromatic rings. The molecule has 0 saturated carbocycles. The van der Waals surface area contributed by atoms with Crippen molar-refractivity contribution in [1.82, 2.24) is 9.97 Å². The van der Waals surface area contributed by atoms with Gasteiger partial charge in [0, 0.05) is 34.5 Å². The molecule has 1 fully saturated rings. The van der Waals surface area contributed by atoms with Gasteiger partial charge < -0.3 is 18.2 Å². The summed E-state index contributed by atoms with van der Waals surface area (Å²) < 4.78 is 26.8. The Morgan fingerprint density at radius 3 is 1.20 bits per heavy atom.